The van der Waals surface area contributed by atoms with Gasteiger partial charge in [-0.3, -0.25) is 0 Å². The van der Waals surface area contributed by atoms with Gasteiger partial charge in [-0.1, -0.05) is 24.3 Å². The van der Waals surface area contributed by atoms with E-state index in [1.54, 1.807) is 43.3 Å². The van der Waals surface area contributed by atoms with Crippen LogP contribution in [0.3, 0.4) is 0 Å². The highest BCUT2D eigenvalue weighted by molar-refractivity contribution is 5.34. The van der Waals surface area contributed by atoms with Crippen LogP contribution < -0.4 is 0 Å². The molecule has 2 aromatic carbocycles. The molecule has 2 rings (SSSR count). The van der Waals surface area contributed by atoms with E-state index in [1.165, 1.54) is 0 Å². The van der Waals surface area contributed by atoms with Crippen molar-refractivity contribution < 1.29 is 5.11 Å². The van der Waals surface area contributed by atoms with E-state index in [0.717, 1.165) is 5.56 Å². The molecule has 5 nitrogen and oxygen atoms in total. The summed E-state index contributed by atoms with van der Waals surface area (Å²) >= 11 is 0. The first kappa shape index (κ1) is 16.4. The van der Waals surface area contributed by atoms with Gasteiger partial charge in [0.1, 0.15) is 0 Å². The first-order chi connectivity index (χ1) is 11.0. The maximum absolute atomic E-state index is 10.4. The Morgan fingerprint density at radius 3 is 1.91 bits per heavy atom. The Balaban J connectivity index is 2.15. The zero-order valence-corrected chi connectivity index (χ0v) is 12.9. The third-order valence-corrected chi connectivity index (χ3v) is 3.51. The maximum atomic E-state index is 10.4. The molecule has 0 aliphatic rings. The van der Waals surface area contributed by atoms with E-state index in [2.05, 4.69) is 16.3 Å². The lowest BCUT2D eigenvalue weighted by Crippen LogP contribution is -2.17. The summed E-state index contributed by atoms with van der Waals surface area (Å²) in [6, 6.07) is 17.5. The fourth-order valence-electron chi connectivity index (χ4n) is 2.02. The molecule has 23 heavy (non-hydrogen) atoms. The highest BCUT2D eigenvalue weighted by atomic mass is 16.3. The van der Waals surface area contributed by atoms with Crippen molar-refractivity contribution in [2.45, 2.75) is 25.6 Å². The van der Waals surface area contributed by atoms with Crippen LogP contribution in [0.1, 0.15) is 42.1 Å². The maximum Gasteiger partial charge on any atom is 0.199 e. The van der Waals surface area contributed by atoms with Crippen molar-refractivity contribution in [3.8, 4) is 12.1 Å². The minimum atomic E-state index is -1.46. The summed E-state index contributed by atoms with van der Waals surface area (Å²) in [6.45, 7) is 3.41. The first-order valence-corrected chi connectivity index (χ1v) is 7.11. The molecule has 5 heteroatoms. The van der Waals surface area contributed by atoms with Crippen LogP contribution in [0.15, 0.2) is 58.8 Å². The SMILES string of the molecule is CC(/N=N/C(C)(O)c1ccc(C#N)cc1)c1ccc(C#N)cc1. The van der Waals surface area contributed by atoms with Gasteiger partial charge in [-0.15, -0.1) is 0 Å². The molecule has 0 heterocycles. The molecular formula is C18H16N4O. The van der Waals surface area contributed by atoms with Crippen molar-refractivity contribution in [3.05, 3.63) is 70.8 Å². The van der Waals surface area contributed by atoms with Gasteiger partial charge < -0.3 is 5.11 Å². The van der Waals surface area contributed by atoms with Crippen LogP contribution in [0.4, 0.5) is 0 Å². The van der Waals surface area contributed by atoms with E-state index in [-0.39, 0.29) is 6.04 Å². The largest absolute Gasteiger partial charge is 0.364 e. The summed E-state index contributed by atoms with van der Waals surface area (Å²) < 4.78 is 0. The van der Waals surface area contributed by atoms with E-state index in [1.807, 2.05) is 25.1 Å². The van der Waals surface area contributed by atoms with E-state index in [0.29, 0.717) is 16.7 Å². The number of nitrogens with zero attached hydrogens (tertiary/aromatic N) is 4. The topological polar surface area (TPSA) is 92.5 Å². The molecule has 0 saturated heterocycles. The quantitative estimate of drug-likeness (QED) is 0.870. The van der Waals surface area contributed by atoms with Crippen molar-refractivity contribution in [2.24, 2.45) is 10.2 Å². The summed E-state index contributed by atoms with van der Waals surface area (Å²) in [7, 11) is 0. The summed E-state index contributed by atoms with van der Waals surface area (Å²) in [6.07, 6.45) is 0. The predicted octanol–water partition coefficient (Wildman–Crippen LogP) is 3.81. The minimum Gasteiger partial charge on any atom is -0.364 e. The normalized spacial score (nSPS) is 14.7. The van der Waals surface area contributed by atoms with Crippen LogP contribution in [0.25, 0.3) is 0 Å². The lowest BCUT2D eigenvalue weighted by molar-refractivity contribution is 0.0573. The molecule has 0 amide bonds. The molecule has 2 aromatic rings. The van der Waals surface area contributed by atoms with Crippen LogP contribution in [-0.2, 0) is 5.72 Å². The second-order valence-electron chi connectivity index (χ2n) is 5.34. The third kappa shape index (κ3) is 4.00. The molecule has 114 valence electrons. The van der Waals surface area contributed by atoms with Gasteiger partial charge in [0.2, 0.25) is 0 Å². The number of benzene rings is 2. The van der Waals surface area contributed by atoms with Gasteiger partial charge in [0.15, 0.2) is 5.72 Å². The zero-order chi connectivity index (χ0) is 16.9. The van der Waals surface area contributed by atoms with E-state index in [9.17, 15) is 5.11 Å². The summed E-state index contributed by atoms with van der Waals surface area (Å²) in [4.78, 5) is 0. The molecule has 0 spiro atoms. The molecule has 2 unspecified atom stereocenters. The van der Waals surface area contributed by atoms with Gasteiger partial charge in [0.05, 0.1) is 29.3 Å². The predicted molar refractivity (Wildman–Crippen MR) is 85.2 cm³/mol. The number of azo groups is 1. The average Bonchev–Trinajstić information content (AvgIpc) is 2.60. The Morgan fingerprint density at radius 1 is 0.957 bits per heavy atom. The Kier molecular flexibility index (Phi) is 4.85. The number of hydrogen-bond acceptors (Lipinski definition) is 5. The molecule has 0 bridgehead atoms. The lowest BCUT2D eigenvalue weighted by atomic mass is 10.0. The summed E-state index contributed by atoms with van der Waals surface area (Å²) in [5, 5.41) is 36.2. The smallest absolute Gasteiger partial charge is 0.199 e. The van der Waals surface area contributed by atoms with E-state index in [4.69, 9.17) is 10.5 Å². The zero-order valence-electron chi connectivity index (χ0n) is 12.9. The van der Waals surface area contributed by atoms with Crippen LogP contribution in [0.2, 0.25) is 0 Å². The highest BCUT2D eigenvalue weighted by Crippen LogP contribution is 2.26. The molecule has 0 fully saturated rings. The number of nitriles is 2. The molecule has 0 aromatic heterocycles. The standard InChI is InChI=1S/C18H16N4O/c1-13(16-7-3-14(11-19)4-8-16)21-22-18(2,23)17-9-5-15(12-20)6-10-17/h3-10,13,23H,1-2H3/b22-21+. The Bertz CT molecular complexity index is 778. The van der Waals surface area contributed by atoms with Crippen molar-refractivity contribution in [1.29, 1.82) is 10.5 Å². The van der Waals surface area contributed by atoms with Gasteiger partial charge in [-0.2, -0.15) is 20.8 Å². The van der Waals surface area contributed by atoms with Crippen molar-refractivity contribution in [3.63, 3.8) is 0 Å². The van der Waals surface area contributed by atoms with Gasteiger partial charge >= 0.3 is 0 Å². The van der Waals surface area contributed by atoms with Crippen molar-refractivity contribution >= 4 is 0 Å². The number of hydrogen-bond donors (Lipinski definition) is 1. The van der Waals surface area contributed by atoms with Gasteiger partial charge in [0.25, 0.3) is 0 Å². The van der Waals surface area contributed by atoms with E-state index >= 15 is 0 Å². The second kappa shape index (κ2) is 6.83. The molecule has 1 N–H and O–H groups in total. The number of rotatable bonds is 4. The van der Waals surface area contributed by atoms with E-state index < -0.39 is 5.72 Å². The number of aliphatic hydroxyl groups is 1. The molecular weight excluding hydrogens is 288 g/mol. The molecule has 0 radical (unpaired) electrons. The first-order valence-electron chi connectivity index (χ1n) is 7.11. The lowest BCUT2D eigenvalue weighted by Gasteiger charge is -2.18. The highest BCUT2D eigenvalue weighted by Gasteiger charge is 2.22. The van der Waals surface area contributed by atoms with Crippen molar-refractivity contribution in [2.75, 3.05) is 0 Å². The summed E-state index contributed by atoms with van der Waals surface area (Å²) in [5.74, 6) is 0. The monoisotopic (exact) mass is 304 g/mol. The Morgan fingerprint density at radius 2 is 1.43 bits per heavy atom. The van der Waals surface area contributed by atoms with Gasteiger partial charge in [-0.25, -0.2) is 0 Å². The van der Waals surface area contributed by atoms with Gasteiger partial charge in [-0.05, 0) is 43.7 Å². The second-order valence-corrected chi connectivity index (χ2v) is 5.34. The average molecular weight is 304 g/mol. The van der Waals surface area contributed by atoms with Crippen LogP contribution in [-0.4, -0.2) is 5.11 Å². The van der Waals surface area contributed by atoms with Crippen LogP contribution >= 0.6 is 0 Å². The van der Waals surface area contributed by atoms with Crippen LogP contribution in [0, 0.1) is 22.7 Å². The van der Waals surface area contributed by atoms with Crippen LogP contribution in [0.5, 0.6) is 0 Å². The summed E-state index contributed by atoms with van der Waals surface area (Å²) in [5.41, 5.74) is 1.11. The molecule has 0 aliphatic heterocycles. The van der Waals surface area contributed by atoms with Crippen molar-refractivity contribution in [1.82, 2.24) is 0 Å². The Labute approximate surface area is 135 Å². The Hall–Kier alpha value is -3.02. The minimum absolute atomic E-state index is 0.243. The fourth-order valence-corrected chi connectivity index (χ4v) is 2.02. The fraction of sp³-hybridized carbons (Fsp3) is 0.222. The molecule has 0 aliphatic carbocycles. The van der Waals surface area contributed by atoms with Gasteiger partial charge in [0, 0.05) is 5.56 Å². The third-order valence-electron chi connectivity index (χ3n) is 3.51. The molecule has 0 saturated carbocycles. The molecule has 2 atom stereocenters.